The highest BCUT2D eigenvalue weighted by Gasteiger charge is 2.30. The number of carbonyl (C=O) groups excluding carboxylic acids is 1. The minimum Gasteiger partial charge on any atom is -0.481 e. The standard InChI is InChI=1S/C9H14O6/c1-3-6(9(13)14)7(4-8(11)12)15-5(2)10/h6-7H,3-4H2,1-2H3,(H,11,12)(H,13,14)/t6-,7?/m1/s1. The van der Waals surface area contributed by atoms with Gasteiger partial charge in [-0.25, -0.2) is 0 Å². The van der Waals surface area contributed by atoms with Crippen LogP contribution in [0.3, 0.4) is 0 Å². The third-order valence-electron chi connectivity index (χ3n) is 1.90. The van der Waals surface area contributed by atoms with Crippen LogP contribution in [0.5, 0.6) is 0 Å². The summed E-state index contributed by atoms with van der Waals surface area (Å²) in [5.74, 6) is -4.02. The summed E-state index contributed by atoms with van der Waals surface area (Å²) in [6, 6.07) is 0. The van der Waals surface area contributed by atoms with Crippen LogP contribution in [0.2, 0.25) is 0 Å². The highest BCUT2D eigenvalue weighted by Crippen LogP contribution is 2.16. The van der Waals surface area contributed by atoms with Gasteiger partial charge < -0.3 is 14.9 Å². The van der Waals surface area contributed by atoms with E-state index in [-0.39, 0.29) is 6.42 Å². The van der Waals surface area contributed by atoms with Crippen molar-refractivity contribution in [2.24, 2.45) is 5.92 Å². The zero-order valence-electron chi connectivity index (χ0n) is 8.60. The van der Waals surface area contributed by atoms with Crippen LogP contribution < -0.4 is 0 Å². The first-order chi connectivity index (χ1) is 6.88. The number of carboxylic acid groups (broad SMARTS) is 2. The smallest absolute Gasteiger partial charge is 0.310 e. The molecule has 0 aliphatic heterocycles. The summed E-state index contributed by atoms with van der Waals surface area (Å²) in [5, 5.41) is 17.3. The highest BCUT2D eigenvalue weighted by atomic mass is 16.5. The first-order valence-corrected chi connectivity index (χ1v) is 4.50. The molecule has 0 saturated carbocycles. The summed E-state index contributed by atoms with van der Waals surface area (Å²) in [4.78, 5) is 31.9. The second-order valence-electron chi connectivity index (χ2n) is 3.10. The van der Waals surface area contributed by atoms with Gasteiger partial charge in [0.25, 0.3) is 0 Å². The van der Waals surface area contributed by atoms with Gasteiger partial charge in [0, 0.05) is 6.92 Å². The molecule has 0 aromatic rings. The molecular weight excluding hydrogens is 204 g/mol. The number of carboxylic acids is 2. The quantitative estimate of drug-likeness (QED) is 0.629. The van der Waals surface area contributed by atoms with E-state index < -0.39 is 36.4 Å². The van der Waals surface area contributed by atoms with Crippen molar-refractivity contribution in [1.29, 1.82) is 0 Å². The SMILES string of the molecule is CC[C@@H](C(=O)O)C(CC(=O)O)OC(C)=O. The highest BCUT2D eigenvalue weighted by molar-refractivity contribution is 5.75. The molecule has 0 aromatic heterocycles. The molecule has 0 bridgehead atoms. The van der Waals surface area contributed by atoms with Crippen LogP contribution in [-0.4, -0.2) is 34.2 Å². The zero-order valence-corrected chi connectivity index (χ0v) is 8.60. The fraction of sp³-hybridized carbons (Fsp3) is 0.667. The molecule has 0 fully saturated rings. The summed E-state index contributed by atoms with van der Waals surface area (Å²) >= 11 is 0. The van der Waals surface area contributed by atoms with Crippen LogP contribution in [0.1, 0.15) is 26.7 Å². The average molecular weight is 218 g/mol. The number of esters is 1. The Kier molecular flexibility index (Phi) is 5.36. The van der Waals surface area contributed by atoms with Gasteiger partial charge in [-0.3, -0.25) is 14.4 Å². The van der Waals surface area contributed by atoms with E-state index in [0.717, 1.165) is 6.92 Å². The zero-order chi connectivity index (χ0) is 12.0. The number of hydrogen-bond acceptors (Lipinski definition) is 4. The minimum atomic E-state index is -1.19. The molecule has 0 aliphatic rings. The predicted octanol–water partition coefficient (Wildman–Crippen LogP) is 0.504. The first kappa shape index (κ1) is 13.4. The van der Waals surface area contributed by atoms with E-state index in [9.17, 15) is 14.4 Å². The Balaban J connectivity index is 4.64. The van der Waals surface area contributed by atoms with E-state index in [1.165, 1.54) is 0 Å². The topological polar surface area (TPSA) is 101 Å². The normalized spacial score (nSPS) is 14.0. The largest absolute Gasteiger partial charge is 0.481 e. The van der Waals surface area contributed by atoms with Crippen LogP contribution >= 0.6 is 0 Å². The van der Waals surface area contributed by atoms with E-state index in [1.54, 1.807) is 6.92 Å². The average Bonchev–Trinajstić information content (AvgIpc) is 2.01. The molecule has 0 aliphatic carbocycles. The number of rotatable bonds is 6. The van der Waals surface area contributed by atoms with Gasteiger partial charge in [0.15, 0.2) is 0 Å². The summed E-state index contributed by atoms with van der Waals surface area (Å²) in [5.41, 5.74) is 0. The monoisotopic (exact) mass is 218 g/mol. The summed E-state index contributed by atoms with van der Waals surface area (Å²) < 4.78 is 4.67. The lowest BCUT2D eigenvalue weighted by atomic mass is 9.97. The molecule has 0 aromatic carbocycles. The number of ether oxygens (including phenoxy) is 1. The van der Waals surface area contributed by atoms with Crippen molar-refractivity contribution >= 4 is 17.9 Å². The number of carbonyl (C=O) groups is 3. The predicted molar refractivity (Wildman–Crippen MR) is 49.2 cm³/mol. The molecule has 15 heavy (non-hydrogen) atoms. The molecule has 0 saturated heterocycles. The summed E-state index contributed by atoms with van der Waals surface area (Å²) in [6.07, 6.45) is -1.40. The third kappa shape index (κ3) is 4.99. The van der Waals surface area contributed by atoms with Gasteiger partial charge >= 0.3 is 17.9 Å². The Hall–Kier alpha value is -1.59. The molecule has 0 heterocycles. The van der Waals surface area contributed by atoms with Crippen molar-refractivity contribution in [3.8, 4) is 0 Å². The van der Waals surface area contributed by atoms with Gasteiger partial charge in [-0.2, -0.15) is 0 Å². The molecule has 0 rings (SSSR count). The molecular formula is C9H14O6. The molecule has 0 amide bonds. The Bertz CT molecular complexity index is 243. The van der Waals surface area contributed by atoms with Crippen LogP contribution in [-0.2, 0) is 19.1 Å². The lowest BCUT2D eigenvalue weighted by Gasteiger charge is -2.20. The van der Waals surface area contributed by atoms with Gasteiger partial charge in [0.1, 0.15) is 6.10 Å². The second-order valence-corrected chi connectivity index (χ2v) is 3.10. The van der Waals surface area contributed by atoms with E-state index in [2.05, 4.69) is 4.74 Å². The fourth-order valence-corrected chi connectivity index (χ4v) is 1.25. The minimum absolute atomic E-state index is 0.209. The van der Waals surface area contributed by atoms with Crippen molar-refractivity contribution in [3.63, 3.8) is 0 Å². The van der Waals surface area contributed by atoms with Gasteiger partial charge in [0.05, 0.1) is 12.3 Å². The van der Waals surface area contributed by atoms with Gasteiger partial charge in [-0.05, 0) is 6.42 Å². The Labute approximate surface area is 86.8 Å². The number of hydrogen-bond donors (Lipinski definition) is 2. The van der Waals surface area contributed by atoms with Gasteiger partial charge in [-0.1, -0.05) is 6.92 Å². The van der Waals surface area contributed by atoms with Crippen LogP contribution in [0.4, 0.5) is 0 Å². The van der Waals surface area contributed by atoms with E-state index >= 15 is 0 Å². The van der Waals surface area contributed by atoms with E-state index in [1.807, 2.05) is 0 Å². The Morgan fingerprint density at radius 3 is 2.07 bits per heavy atom. The Morgan fingerprint density at radius 2 is 1.80 bits per heavy atom. The first-order valence-electron chi connectivity index (χ1n) is 4.50. The van der Waals surface area contributed by atoms with Crippen molar-refractivity contribution in [2.75, 3.05) is 0 Å². The summed E-state index contributed by atoms with van der Waals surface area (Å²) in [7, 11) is 0. The molecule has 2 atom stereocenters. The van der Waals surface area contributed by atoms with Crippen LogP contribution in [0.15, 0.2) is 0 Å². The third-order valence-corrected chi connectivity index (χ3v) is 1.90. The van der Waals surface area contributed by atoms with Crippen LogP contribution in [0.25, 0.3) is 0 Å². The van der Waals surface area contributed by atoms with E-state index in [0.29, 0.717) is 0 Å². The number of aliphatic carboxylic acids is 2. The summed E-state index contributed by atoms with van der Waals surface area (Å²) in [6.45, 7) is 2.71. The van der Waals surface area contributed by atoms with Gasteiger partial charge in [-0.15, -0.1) is 0 Å². The van der Waals surface area contributed by atoms with Gasteiger partial charge in [0.2, 0.25) is 0 Å². The molecule has 0 radical (unpaired) electrons. The Morgan fingerprint density at radius 1 is 1.27 bits per heavy atom. The molecule has 6 nitrogen and oxygen atoms in total. The maximum atomic E-state index is 10.8. The van der Waals surface area contributed by atoms with Crippen molar-refractivity contribution in [3.05, 3.63) is 0 Å². The molecule has 6 heteroatoms. The molecule has 2 N–H and O–H groups in total. The maximum Gasteiger partial charge on any atom is 0.310 e. The van der Waals surface area contributed by atoms with Crippen molar-refractivity contribution in [1.82, 2.24) is 0 Å². The van der Waals surface area contributed by atoms with Crippen LogP contribution in [0, 0.1) is 5.92 Å². The van der Waals surface area contributed by atoms with Crippen molar-refractivity contribution < 1.29 is 29.3 Å². The lowest BCUT2D eigenvalue weighted by Crippen LogP contribution is -2.33. The van der Waals surface area contributed by atoms with Crippen molar-refractivity contribution in [2.45, 2.75) is 32.8 Å². The fourth-order valence-electron chi connectivity index (χ4n) is 1.25. The lowest BCUT2D eigenvalue weighted by molar-refractivity contribution is -0.160. The van der Waals surface area contributed by atoms with E-state index in [4.69, 9.17) is 10.2 Å². The molecule has 0 spiro atoms. The molecule has 86 valence electrons. The second kappa shape index (κ2) is 6.00. The molecule has 1 unspecified atom stereocenters. The maximum absolute atomic E-state index is 10.8.